The molecule has 0 fully saturated rings. The number of benzene rings is 3. The number of nitrogens with one attached hydrogen (secondary N) is 2. The molecule has 0 aliphatic carbocycles. The summed E-state index contributed by atoms with van der Waals surface area (Å²) in [5.74, 6) is 1.50. The van der Waals surface area contributed by atoms with Gasteiger partial charge in [0.2, 0.25) is 5.91 Å². The summed E-state index contributed by atoms with van der Waals surface area (Å²) in [5.41, 5.74) is 1.18. The first-order chi connectivity index (χ1) is 17.9. The van der Waals surface area contributed by atoms with E-state index in [-0.39, 0.29) is 18.7 Å². The number of methoxy groups -OCH3 is 1. The van der Waals surface area contributed by atoms with Gasteiger partial charge in [-0.2, -0.15) is 0 Å². The van der Waals surface area contributed by atoms with Crippen LogP contribution in [0.15, 0.2) is 72.8 Å². The highest BCUT2D eigenvalue weighted by Crippen LogP contribution is 2.25. The van der Waals surface area contributed by atoms with E-state index in [1.165, 1.54) is 0 Å². The van der Waals surface area contributed by atoms with Crippen LogP contribution in [-0.2, 0) is 19.1 Å². The Kier molecular flexibility index (Phi) is 10.3. The number of hydrogen-bond acceptors (Lipinski definition) is 7. The minimum Gasteiger partial charge on any atom is -0.497 e. The Morgan fingerprint density at radius 1 is 0.676 bits per heavy atom. The number of rotatable bonds is 13. The number of amides is 2. The summed E-state index contributed by atoms with van der Waals surface area (Å²) in [4.78, 5) is 36.1. The van der Waals surface area contributed by atoms with E-state index in [0.717, 1.165) is 5.75 Å². The fourth-order valence-corrected chi connectivity index (χ4v) is 3.22. The summed E-state index contributed by atoms with van der Waals surface area (Å²) in [6.45, 7) is 2.04. The van der Waals surface area contributed by atoms with Gasteiger partial charge in [-0.25, -0.2) is 0 Å². The van der Waals surface area contributed by atoms with Crippen LogP contribution in [0.5, 0.6) is 23.0 Å². The van der Waals surface area contributed by atoms with Crippen LogP contribution >= 0.6 is 0 Å². The van der Waals surface area contributed by atoms with Crippen molar-refractivity contribution in [3.8, 4) is 23.0 Å². The summed E-state index contributed by atoms with van der Waals surface area (Å²) in [6, 6.07) is 21.0. The van der Waals surface area contributed by atoms with E-state index in [9.17, 15) is 14.4 Å². The topological polar surface area (TPSA) is 112 Å². The second-order valence-electron chi connectivity index (χ2n) is 7.87. The summed E-state index contributed by atoms with van der Waals surface area (Å²) in [7, 11) is 1.60. The number of ether oxygens (including phenoxy) is 4. The van der Waals surface area contributed by atoms with E-state index >= 15 is 0 Å². The highest BCUT2D eigenvalue weighted by atomic mass is 16.5. The molecule has 3 rings (SSSR count). The lowest BCUT2D eigenvalue weighted by atomic mass is 10.2. The maximum Gasteiger partial charge on any atom is 0.306 e. The van der Waals surface area contributed by atoms with Gasteiger partial charge in [0, 0.05) is 24.2 Å². The maximum atomic E-state index is 12.2. The van der Waals surface area contributed by atoms with Crippen molar-refractivity contribution in [2.75, 3.05) is 31.0 Å². The minimum absolute atomic E-state index is 0.0262. The molecule has 0 spiro atoms. The lowest BCUT2D eigenvalue weighted by Gasteiger charge is -2.09. The molecule has 9 nitrogen and oxygen atoms in total. The molecule has 3 aromatic carbocycles. The lowest BCUT2D eigenvalue weighted by Crippen LogP contribution is -2.21. The molecule has 2 amide bonds. The van der Waals surface area contributed by atoms with Crippen molar-refractivity contribution in [2.45, 2.75) is 26.2 Å². The number of esters is 1. The third-order valence-corrected chi connectivity index (χ3v) is 5.03. The third kappa shape index (κ3) is 9.56. The highest BCUT2D eigenvalue weighted by molar-refractivity contribution is 5.93. The van der Waals surface area contributed by atoms with Crippen molar-refractivity contribution in [3.05, 3.63) is 72.8 Å². The summed E-state index contributed by atoms with van der Waals surface area (Å²) in [6.07, 6.45) is 0.458. The Hall–Kier alpha value is -4.53. The maximum absolute atomic E-state index is 12.2. The van der Waals surface area contributed by atoms with Crippen LogP contribution in [0.25, 0.3) is 0 Å². The number of carbonyl (C=O) groups excluding carboxylic acids is 3. The predicted molar refractivity (Wildman–Crippen MR) is 139 cm³/mol. The molecule has 194 valence electrons. The van der Waals surface area contributed by atoms with Gasteiger partial charge in [0.15, 0.2) is 6.61 Å². The van der Waals surface area contributed by atoms with Crippen LogP contribution in [0.2, 0.25) is 0 Å². The van der Waals surface area contributed by atoms with E-state index in [0.29, 0.717) is 41.7 Å². The molecule has 0 aliphatic heterocycles. The third-order valence-electron chi connectivity index (χ3n) is 5.03. The molecule has 0 saturated heterocycles. The Balaban J connectivity index is 1.31. The Labute approximate surface area is 215 Å². The first-order valence-electron chi connectivity index (χ1n) is 11.9. The van der Waals surface area contributed by atoms with E-state index in [4.69, 9.17) is 18.9 Å². The van der Waals surface area contributed by atoms with Gasteiger partial charge in [-0.15, -0.1) is 0 Å². The smallest absolute Gasteiger partial charge is 0.306 e. The second kappa shape index (κ2) is 14.1. The van der Waals surface area contributed by atoms with Gasteiger partial charge in [-0.1, -0.05) is 0 Å². The van der Waals surface area contributed by atoms with Crippen LogP contribution in [-0.4, -0.2) is 38.1 Å². The van der Waals surface area contributed by atoms with Crippen LogP contribution in [0, 0.1) is 0 Å². The Morgan fingerprint density at radius 2 is 1.19 bits per heavy atom. The molecular formula is C28H30N2O7. The molecule has 37 heavy (non-hydrogen) atoms. The zero-order valence-electron chi connectivity index (χ0n) is 20.8. The molecular weight excluding hydrogens is 476 g/mol. The van der Waals surface area contributed by atoms with Gasteiger partial charge < -0.3 is 29.6 Å². The first-order valence-corrected chi connectivity index (χ1v) is 11.9. The monoisotopic (exact) mass is 506 g/mol. The van der Waals surface area contributed by atoms with Crippen molar-refractivity contribution in [2.24, 2.45) is 0 Å². The lowest BCUT2D eigenvalue weighted by molar-refractivity contribution is -0.147. The minimum atomic E-state index is -0.547. The molecule has 0 heterocycles. The Morgan fingerprint density at radius 3 is 1.76 bits per heavy atom. The van der Waals surface area contributed by atoms with Crippen molar-refractivity contribution in [1.82, 2.24) is 0 Å². The van der Waals surface area contributed by atoms with Gasteiger partial charge >= 0.3 is 5.97 Å². The molecule has 0 saturated carbocycles. The van der Waals surface area contributed by atoms with E-state index < -0.39 is 18.5 Å². The van der Waals surface area contributed by atoms with Gasteiger partial charge in [-0.05, 0) is 86.1 Å². The fourth-order valence-electron chi connectivity index (χ4n) is 3.22. The van der Waals surface area contributed by atoms with Crippen LogP contribution in [0.4, 0.5) is 11.4 Å². The number of carbonyl (C=O) groups is 3. The van der Waals surface area contributed by atoms with Gasteiger partial charge in [0.05, 0.1) is 13.7 Å². The number of hydrogen-bond donors (Lipinski definition) is 2. The molecule has 0 aromatic heterocycles. The standard InChI is InChI=1S/C28H30N2O7/c1-3-35-23-11-7-21(8-12-23)30-27(32)19-36-28(33)6-4-5-26(31)29-20-9-13-24(14-10-20)37-25-17-15-22(34-2)16-18-25/h7-18H,3-6,19H2,1-2H3,(H,29,31)(H,30,32). The highest BCUT2D eigenvalue weighted by Gasteiger charge is 2.10. The fraction of sp³-hybridized carbons (Fsp3) is 0.250. The predicted octanol–water partition coefficient (Wildman–Crippen LogP) is 5.18. The van der Waals surface area contributed by atoms with Crippen molar-refractivity contribution < 1.29 is 33.3 Å². The second-order valence-corrected chi connectivity index (χ2v) is 7.87. The molecule has 0 unspecified atom stereocenters. The molecule has 2 N–H and O–H groups in total. The normalized spacial score (nSPS) is 10.2. The van der Waals surface area contributed by atoms with Crippen molar-refractivity contribution >= 4 is 29.2 Å². The van der Waals surface area contributed by atoms with Crippen molar-refractivity contribution in [1.29, 1.82) is 0 Å². The molecule has 9 heteroatoms. The zero-order chi connectivity index (χ0) is 26.5. The van der Waals surface area contributed by atoms with Gasteiger partial charge in [0.25, 0.3) is 5.91 Å². The zero-order valence-corrected chi connectivity index (χ0v) is 20.8. The van der Waals surface area contributed by atoms with Crippen LogP contribution < -0.4 is 24.8 Å². The van der Waals surface area contributed by atoms with E-state index in [1.807, 2.05) is 6.92 Å². The molecule has 3 aromatic rings. The number of anilines is 2. The first kappa shape index (κ1) is 27.1. The molecule has 0 radical (unpaired) electrons. The van der Waals surface area contributed by atoms with Crippen molar-refractivity contribution in [3.63, 3.8) is 0 Å². The Bertz CT molecular complexity index is 1160. The largest absolute Gasteiger partial charge is 0.497 e. The van der Waals surface area contributed by atoms with Gasteiger partial charge in [-0.3, -0.25) is 14.4 Å². The van der Waals surface area contributed by atoms with Crippen LogP contribution in [0.3, 0.4) is 0 Å². The molecule has 0 bridgehead atoms. The summed E-state index contributed by atoms with van der Waals surface area (Å²) in [5, 5.41) is 5.42. The summed E-state index contributed by atoms with van der Waals surface area (Å²) < 4.78 is 21.2. The summed E-state index contributed by atoms with van der Waals surface area (Å²) >= 11 is 0. The van der Waals surface area contributed by atoms with Crippen LogP contribution in [0.1, 0.15) is 26.2 Å². The quantitative estimate of drug-likeness (QED) is 0.307. The van der Waals surface area contributed by atoms with E-state index in [2.05, 4.69) is 10.6 Å². The average molecular weight is 507 g/mol. The molecule has 0 aliphatic rings. The average Bonchev–Trinajstić information content (AvgIpc) is 2.90. The molecule has 0 atom stereocenters. The van der Waals surface area contributed by atoms with Gasteiger partial charge in [0.1, 0.15) is 23.0 Å². The SMILES string of the molecule is CCOc1ccc(NC(=O)COC(=O)CCCC(=O)Nc2ccc(Oc3ccc(OC)cc3)cc2)cc1. The van der Waals surface area contributed by atoms with E-state index in [1.54, 1.807) is 79.9 Å².